The van der Waals surface area contributed by atoms with Crippen LogP contribution in [0.4, 0.5) is 14.4 Å². The van der Waals surface area contributed by atoms with Crippen molar-refractivity contribution in [2.75, 3.05) is 134 Å². The van der Waals surface area contributed by atoms with Crippen molar-refractivity contribution in [2.24, 2.45) is 0 Å². The molecule has 0 aliphatic rings. The third-order valence-electron chi connectivity index (χ3n) is 12.7. The van der Waals surface area contributed by atoms with Crippen LogP contribution in [0.3, 0.4) is 0 Å². The van der Waals surface area contributed by atoms with E-state index >= 15 is 0 Å². The van der Waals surface area contributed by atoms with Gasteiger partial charge in [-0.3, -0.25) is 0 Å². The van der Waals surface area contributed by atoms with Gasteiger partial charge in [0.25, 0.3) is 0 Å². The number of aliphatic hydroxyl groups excluding tert-OH is 3. The number of aromatic nitrogens is 3. The monoisotopic (exact) mass is 1180 g/mol. The first-order chi connectivity index (χ1) is 37.4. The van der Waals surface area contributed by atoms with Crippen LogP contribution in [0.25, 0.3) is 0 Å². The van der Waals surface area contributed by atoms with Crippen LogP contribution in [0.5, 0.6) is 0 Å². The van der Waals surface area contributed by atoms with E-state index in [1.54, 1.807) is 14.2 Å². The number of hydrogen-bond acceptors (Lipinski definition) is 23. The van der Waals surface area contributed by atoms with E-state index in [2.05, 4.69) is 31.9 Å². The van der Waals surface area contributed by atoms with Gasteiger partial charge in [-0.25, -0.2) is 42.5 Å². The van der Waals surface area contributed by atoms with E-state index < -0.39 is 79.8 Å². The second kappa shape index (κ2) is 42.2. The molecular weight excluding hydrogens is 1080 g/mol. The Labute approximate surface area is 461 Å². The molecule has 0 aromatic carbocycles. The molecule has 0 saturated heterocycles. The molecule has 1 aromatic heterocycles. The molecule has 1 aromatic rings. The summed E-state index contributed by atoms with van der Waals surface area (Å²) in [6, 6.07) is 0.728. The summed E-state index contributed by atoms with van der Waals surface area (Å²) in [6.45, 7) is 2.86. The number of ether oxygens (including phenoxy) is 3. The Morgan fingerprint density at radius 1 is 0.423 bits per heavy atom. The lowest BCUT2D eigenvalue weighted by Gasteiger charge is -2.26. The summed E-state index contributed by atoms with van der Waals surface area (Å²) in [4.78, 5) is 77.8. The second-order valence-corrected chi connectivity index (χ2v) is 27.8. The van der Waals surface area contributed by atoms with E-state index in [1.807, 2.05) is 6.92 Å². The van der Waals surface area contributed by atoms with Crippen LogP contribution in [0.1, 0.15) is 84.0 Å². The Bertz CT molecular complexity index is 1690. The van der Waals surface area contributed by atoms with Crippen molar-refractivity contribution >= 4 is 44.4 Å². The topological polar surface area (TPSA) is 352 Å². The molecule has 0 spiro atoms. The minimum absolute atomic E-state index is 0.0765. The fourth-order valence-corrected chi connectivity index (χ4v) is 12.3. The van der Waals surface area contributed by atoms with Gasteiger partial charge < -0.3 is 96.8 Å². The van der Waals surface area contributed by atoms with Gasteiger partial charge in [-0.1, -0.05) is 45.4 Å². The van der Waals surface area contributed by atoms with Crippen LogP contribution < -0.4 is 49.0 Å². The van der Waals surface area contributed by atoms with Crippen molar-refractivity contribution in [1.82, 2.24) is 45.6 Å². The average molecular weight is 1180 g/mol. The molecule has 1 heterocycles. The highest BCUT2D eigenvalue weighted by atomic mass is 28.4. The quantitative estimate of drug-likeness (QED) is 0.0215. The van der Waals surface area contributed by atoms with Gasteiger partial charge in [-0.05, 0) is 44.6 Å². The van der Waals surface area contributed by atoms with Gasteiger partial charge >= 0.3 is 61.5 Å². The molecule has 0 aliphatic heterocycles. The lowest BCUT2D eigenvalue weighted by molar-refractivity contribution is 0.0666. The van der Waals surface area contributed by atoms with Crippen LogP contribution in [0.2, 0.25) is 6.04 Å². The highest BCUT2D eigenvalue weighted by Gasteiger charge is 2.38. The zero-order valence-electron chi connectivity index (χ0n) is 47.7. The molecule has 0 radical (unpaired) electrons. The smallest absolute Gasteiger partial charge is 0.447 e. The Morgan fingerprint density at radius 2 is 0.692 bits per heavy atom. The summed E-state index contributed by atoms with van der Waals surface area (Å²) in [5.74, 6) is 0. The number of nitrogens with one attached hydrogen (secondary N) is 6. The molecule has 78 heavy (non-hydrogen) atoms. The van der Waals surface area contributed by atoms with Gasteiger partial charge in [-0.2, -0.15) is 0 Å². The predicted molar refractivity (Wildman–Crippen MR) is 293 cm³/mol. The van der Waals surface area contributed by atoms with Gasteiger partial charge in [0.05, 0.1) is 12.3 Å². The van der Waals surface area contributed by atoms with Crippen molar-refractivity contribution in [1.29, 1.82) is 0 Å². The maximum absolute atomic E-state index is 13.7. The standard InChI is InChI=1S/C46H95N9O20Si3/c1-10-76(65-2,66-3)35-47-29-38(56)32-73-41(59)50-23-17-11-14-20-26-53-44(62)54(27-21-15-12-18-24-51-42(60)74-33-39(57)30-48-36-77(67-4,68-5)69-6)46(64)55(45(53)63)28-22-16-13-19-25-52-43(61)75-34-40(58)31-49-37-78(70-7,71-8)72-9/h38-40,47-49,56-58H,10-37H2,1-9H3,(H,50,59)(H,51,60)(H,52,61). The van der Waals surface area contributed by atoms with E-state index in [0.29, 0.717) is 103 Å². The normalized spacial score (nSPS) is 13.2. The maximum Gasteiger partial charge on any atom is 0.514 e. The molecule has 3 amide bonds. The molecular formula is C46H95N9O20Si3. The summed E-state index contributed by atoms with van der Waals surface area (Å²) in [7, 11) is 3.93. The SMILES string of the molecule is CC[Si](CNCC(O)COC(=O)NCCCCCCn1c(=O)n(CCCCCCNC(=O)OCC(O)CNC[Si](OC)(OC)OC)c(=O)n(CCCCCCNC(=O)OCC(O)CNC[Si](OC)(OC)OC)c1=O)(OC)OC. The minimum atomic E-state index is -2.87. The van der Waals surface area contributed by atoms with Gasteiger partial charge in [0, 0.05) is 122 Å². The van der Waals surface area contributed by atoms with Gasteiger partial charge in [0.2, 0.25) is 0 Å². The summed E-state index contributed by atoms with van der Waals surface area (Å²) in [5, 5.41) is 47.7. The Balaban J connectivity index is 2.72. The first-order valence-electron chi connectivity index (χ1n) is 26.7. The summed E-state index contributed by atoms with van der Waals surface area (Å²) < 4.78 is 61.7. The Kier molecular flexibility index (Phi) is 39.1. The van der Waals surface area contributed by atoms with Crippen LogP contribution in [0.15, 0.2) is 14.4 Å². The number of carbonyl (C=O) groups excluding carboxylic acids is 3. The molecule has 3 atom stereocenters. The molecule has 3 unspecified atom stereocenters. The molecule has 0 aliphatic carbocycles. The zero-order chi connectivity index (χ0) is 58.2. The highest BCUT2D eigenvalue weighted by molar-refractivity contribution is 6.67. The Morgan fingerprint density at radius 3 is 0.949 bits per heavy atom. The molecule has 29 nitrogen and oxygen atoms in total. The molecule has 9 N–H and O–H groups in total. The number of rotatable bonds is 48. The molecule has 0 fully saturated rings. The van der Waals surface area contributed by atoms with E-state index in [1.165, 1.54) is 42.7 Å². The first-order valence-corrected chi connectivity index (χ1v) is 32.8. The third kappa shape index (κ3) is 28.6. The van der Waals surface area contributed by atoms with E-state index in [-0.39, 0.29) is 71.4 Å². The number of carbonyl (C=O) groups is 3. The van der Waals surface area contributed by atoms with Crippen LogP contribution in [0, 0.1) is 0 Å². The summed E-state index contributed by atoms with van der Waals surface area (Å²) in [6.07, 6.45) is 3.03. The Hall–Kier alpha value is -3.69. The van der Waals surface area contributed by atoms with Crippen LogP contribution in [-0.4, -0.2) is 226 Å². The number of alkyl carbamates (subject to hydrolysis) is 3. The van der Waals surface area contributed by atoms with Gasteiger partial charge in [0.1, 0.15) is 38.1 Å². The van der Waals surface area contributed by atoms with Crippen molar-refractivity contribution in [2.45, 2.75) is 128 Å². The van der Waals surface area contributed by atoms with E-state index in [4.69, 9.17) is 49.6 Å². The number of nitrogens with zero attached hydrogens (tertiary/aromatic N) is 3. The van der Waals surface area contributed by atoms with Crippen LogP contribution >= 0.6 is 0 Å². The minimum Gasteiger partial charge on any atom is -0.447 e. The van der Waals surface area contributed by atoms with Crippen LogP contribution in [-0.2, 0) is 69.3 Å². The van der Waals surface area contributed by atoms with Crippen molar-refractivity contribution in [3.8, 4) is 0 Å². The maximum atomic E-state index is 13.7. The number of aliphatic hydroxyl groups is 3. The lowest BCUT2D eigenvalue weighted by Crippen LogP contribution is -2.54. The van der Waals surface area contributed by atoms with Crippen molar-refractivity contribution in [3.63, 3.8) is 0 Å². The average Bonchev–Trinajstić information content (AvgIpc) is 3.45. The van der Waals surface area contributed by atoms with Gasteiger partial charge in [0.15, 0.2) is 0 Å². The summed E-state index contributed by atoms with van der Waals surface area (Å²) in [5.41, 5.74) is -2.08. The molecule has 456 valence electrons. The largest absolute Gasteiger partial charge is 0.514 e. The third-order valence-corrected chi connectivity index (χ3v) is 21.2. The number of hydrogen-bond donors (Lipinski definition) is 9. The zero-order valence-corrected chi connectivity index (χ0v) is 50.7. The van der Waals surface area contributed by atoms with E-state index in [0.717, 1.165) is 19.7 Å². The second-order valence-electron chi connectivity index (χ2n) is 18.2. The fraction of sp³-hybridized carbons (Fsp3) is 0.870. The number of unbranched alkanes of at least 4 members (excludes halogenated alkanes) is 9. The molecule has 0 saturated carbocycles. The van der Waals surface area contributed by atoms with Crippen molar-refractivity contribution in [3.05, 3.63) is 31.5 Å². The molecule has 1 rings (SSSR count). The number of amides is 3. The molecule has 0 bridgehead atoms. The van der Waals surface area contributed by atoms with E-state index in [9.17, 15) is 44.1 Å². The predicted octanol–water partition coefficient (Wildman–Crippen LogP) is -0.988. The van der Waals surface area contributed by atoms with Crippen molar-refractivity contribution < 1.29 is 79.3 Å². The van der Waals surface area contributed by atoms with Gasteiger partial charge in [-0.15, -0.1) is 0 Å². The molecule has 32 heteroatoms. The lowest BCUT2D eigenvalue weighted by atomic mass is 10.2. The summed E-state index contributed by atoms with van der Waals surface area (Å²) >= 11 is 0. The first kappa shape index (κ1) is 72.3. The highest BCUT2D eigenvalue weighted by Crippen LogP contribution is 2.10. The fourth-order valence-electron chi connectivity index (χ4n) is 7.71.